The first kappa shape index (κ1) is 10.9. The van der Waals surface area contributed by atoms with E-state index in [0.29, 0.717) is 0 Å². The van der Waals surface area contributed by atoms with Crippen molar-refractivity contribution in [3.05, 3.63) is 24.0 Å². The Morgan fingerprint density at radius 3 is 2.79 bits per heavy atom. The normalized spacial score (nSPS) is 12.9. The third kappa shape index (κ3) is 3.68. The van der Waals surface area contributed by atoms with Gasteiger partial charge in [-0.2, -0.15) is 0 Å². The third-order valence-electron chi connectivity index (χ3n) is 1.84. The summed E-state index contributed by atoms with van der Waals surface area (Å²) in [6.07, 6.45) is -0.742. The number of nitrogens with one attached hydrogen (secondary N) is 1. The van der Waals surface area contributed by atoms with Gasteiger partial charge < -0.3 is 5.32 Å². The number of pyridine rings is 1. The lowest BCUT2D eigenvalue weighted by Gasteiger charge is -2.14. The van der Waals surface area contributed by atoms with Crippen molar-refractivity contribution in [3.63, 3.8) is 0 Å². The van der Waals surface area contributed by atoms with Crippen LogP contribution in [-0.2, 0) is 0 Å². The molecule has 0 aliphatic carbocycles. The molecule has 0 radical (unpaired) electrons. The molecule has 1 heterocycles. The Bertz CT molecular complexity index is 289. The summed E-state index contributed by atoms with van der Waals surface area (Å²) >= 11 is 0. The number of hydrogen-bond acceptors (Lipinski definition) is 2. The monoisotopic (exact) mass is 200 g/mol. The summed E-state index contributed by atoms with van der Waals surface area (Å²) in [7, 11) is 0. The molecule has 1 unspecified atom stereocenters. The molecule has 14 heavy (non-hydrogen) atoms. The molecule has 0 aliphatic rings. The summed E-state index contributed by atoms with van der Waals surface area (Å²) in [6, 6.07) is 3.38. The van der Waals surface area contributed by atoms with Crippen LogP contribution in [0.3, 0.4) is 0 Å². The lowest BCUT2D eigenvalue weighted by atomic mass is 10.2. The maximum Gasteiger partial charge on any atom is 0.240 e. The van der Waals surface area contributed by atoms with E-state index >= 15 is 0 Å². The number of aromatic nitrogens is 1. The maximum absolute atomic E-state index is 12.0. The third-order valence-corrected chi connectivity index (χ3v) is 1.84. The van der Waals surface area contributed by atoms with Crippen molar-refractivity contribution in [3.8, 4) is 0 Å². The zero-order valence-electron chi connectivity index (χ0n) is 8.30. The van der Waals surface area contributed by atoms with Crippen molar-refractivity contribution < 1.29 is 8.78 Å². The highest BCUT2D eigenvalue weighted by Gasteiger charge is 2.09. The summed E-state index contributed by atoms with van der Waals surface area (Å²) in [5.74, 6) is 0. The van der Waals surface area contributed by atoms with Gasteiger partial charge in [0.15, 0.2) is 0 Å². The van der Waals surface area contributed by atoms with Gasteiger partial charge in [0, 0.05) is 30.0 Å². The molecule has 78 valence electrons. The summed E-state index contributed by atoms with van der Waals surface area (Å²) < 4.78 is 24.0. The Kier molecular flexibility index (Phi) is 3.80. The number of aryl methyl sites for hydroxylation is 1. The van der Waals surface area contributed by atoms with E-state index in [1.54, 1.807) is 19.2 Å². The fourth-order valence-electron chi connectivity index (χ4n) is 1.25. The largest absolute Gasteiger partial charge is 0.382 e. The van der Waals surface area contributed by atoms with Gasteiger partial charge >= 0.3 is 0 Å². The zero-order valence-corrected chi connectivity index (χ0v) is 8.30. The minimum Gasteiger partial charge on any atom is -0.382 e. The number of hydrogen-bond donors (Lipinski definition) is 1. The molecule has 1 N–H and O–H groups in total. The lowest BCUT2D eigenvalue weighted by molar-refractivity contribution is 0.133. The molecule has 2 nitrogen and oxygen atoms in total. The fraction of sp³-hybridized carbons (Fsp3) is 0.500. The fourth-order valence-corrected chi connectivity index (χ4v) is 1.25. The van der Waals surface area contributed by atoms with Crippen LogP contribution in [0.1, 0.15) is 19.0 Å². The molecule has 0 amide bonds. The summed E-state index contributed by atoms with van der Waals surface area (Å²) in [6.45, 7) is 3.60. The standard InChI is InChI=1S/C10H14F2N2/c1-7-5-9(3-4-13-7)14-8(2)6-10(11)12/h3-5,8,10H,6H2,1-2H3,(H,13,14). The molecular formula is C10H14F2N2. The molecule has 0 aliphatic heterocycles. The quantitative estimate of drug-likeness (QED) is 0.808. The van der Waals surface area contributed by atoms with Crippen LogP contribution in [0.4, 0.5) is 14.5 Å². The Morgan fingerprint density at radius 2 is 2.21 bits per heavy atom. The Balaban J connectivity index is 2.51. The van der Waals surface area contributed by atoms with Gasteiger partial charge in [-0.1, -0.05) is 0 Å². The van der Waals surface area contributed by atoms with Gasteiger partial charge in [0.05, 0.1) is 0 Å². The molecule has 1 aromatic heterocycles. The highest BCUT2D eigenvalue weighted by atomic mass is 19.3. The summed E-state index contributed by atoms with van der Waals surface area (Å²) in [5, 5.41) is 2.99. The van der Waals surface area contributed by atoms with Gasteiger partial charge in [0.1, 0.15) is 0 Å². The van der Waals surface area contributed by atoms with Gasteiger partial charge in [-0.05, 0) is 26.0 Å². The van der Waals surface area contributed by atoms with Crippen molar-refractivity contribution in [2.45, 2.75) is 32.7 Å². The van der Waals surface area contributed by atoms with Gasteiger partial charge in [-0.15, -0.1) is 0 Å². The van der Waals surface area contributed by atoms with E-state index in [1.165, 1.54) is 0 Å². The van der Waals surface area contributed by atoms with Crippen LogP contribution in [0.2, 0.25) is 0 Å². The summed E-state index contributed by atoms with van der Waals surface area (Å²) in [4.78, 5) is 4.02. The van der Waals surface area contributed by atoms with Crippen molar-refractivity contribution >= 4 is 5.69 Å². The van der Waals surface area contributed by atoms with Gasteiger partial charge in [-0.3, -0.25) is 4.98 Å². The predicted octanol–water partition coefficient (Wildman–Crippen LogP) is 2.85. The molecule has 0 saturated heterocycles. The second kappa shape index (κ2) is 4.88. The molecule has 1 aromatic rings. The Morgan fingerprint density at radius 1 is 1.50 bits per heavy atom. The smallest absolute Gasteiger partial charge is 0.240 e. The first-order chi connectivity index (χ1) is 6.58. The number of alkyl halides is 2. The zero-order chi connectivity index (χ0) is 10.6. The van der Waals surface area contributed by atoms with Crippen LogP contribution in [0.25, 0.3) is 0 Å². The number of nitrogens with zero attached hydrogens (tertiary/aromatic N) is 1. The van der Waals surface area contributed by atoms with Crippen LogP contribution < -0.4 is 5.32 Å². The first-order valence-electron chi connectivity index (χ1n) is 4.55. The predicted molar refractivity (Wildman–Crippen MR) is 52.7 cm³/mol. The van der Waals surface area contributed by atoms with Crippen molar-refractivity contribution in [1.82, 2.24) is 4.98 Å². The molecule has 0 bridgehead atoms. The first-order valence-corrected chi connectivity index (χ1v) is 4.55. The summed E-state index contributed by atoms with van der Waals surface area (Å²) in [5.41, 5.74) is 1.71. The van der Waals surface area contributed by atoms with Crippen molar-refractivity contribution in [2.75, 3.05) is 5.32 Å². The Labute approximate surface area is 82.4 Å². The molecule has 4 heteroatoms. The molecule has 0 aromatic carbocycles. The average Bonchev–Trinajstić information content (AvgIpc) is 2.01. The minimum absolute atomic E-state index is 0.138. The Hall–Kier alpha value is -1.19. The van der Waals surface area contributed by atoms with Crippen molar-refractivity contribution in [1.29, 1.82) is 0 Å². The van der Waals surface area contributed by atoms with Crippen molar-refractivity contribution in [2.24, 2.45) is 0 Å². The number of halogens is 2. The van der Waals surface area contributed by atoms with E-state index in [2.05, 4.69) is 10.3 Å². The molecule has 0 spiro atoms. The molecule has 0 saturated carbocycles. The van der Waals surface area contributed by atoms with E-state index in [0.717, 1.165) is 11.4 Å². The van der Waals surface area contributed by atoms with E-state index < -0.39 is 6.43 Å². The minimum atomic E-state index is -2.26. The molecular weight excluding hydrogens is 186 g/mol. The highest BCUT2D eigenvalue weighted by Crippen LogP contribution is 2.12. The van der Waals surface area contributed by atoms with E-state index in [9.17, 15) is 8.78 Å². The second-order valence-corrected chi connectivity index (χ2v) is 3.36. The molecule has 1 rings (SSSR count). The van der Waals surface area contributed by atoms with Crippen LogP contribution in [-0.4, -0.2) is 17.5 Å². The van der Waals surface area contributed by atoms with Gasteiger partial charge in [0.2, 0.25) is 6.43 Å². The number of rotatable bonds is 4. The molecule has 1 atom stereocenters. The van der Waals surface area contributed by atoms with Gasteiger partial charge in [-0.25, -0.2) is 8.78 Å². The topological polar surface area (TPSA) is 24.9 Å². The maximum atomic E-state index is 12.0. The van der Waals surface area contributed by atoms with E-state index in [1.807, 2.05) is 13.0 Å². The van der Waals surface area contributed by atoms with E-state index in [4.69, 9.17) is 0 Å². The number of anilines is 1. The van der Waals surface area contributed by atoms with E-state index in [-0.39, 0.29) is 12.5 Å². The molecule has 0 fully saturated rings. The highest BCUT2D eigenvalue weighted by molar-refractivity contribution is 5.43. The second-order valence-electron chi connectivity index (χ2n) is 3.36. The van der Waals surface area contributed by atoms with Crippen LogP contribution >= 0.6 is 0 Å². The SMILES string of the molecule is Cc1cc(NC(C)CC(F)F)ccn1. The van der Waals surface area contributed by atoms with Crippen LogP contribution in [0, 0.1) is 6.92 Å². The average molecular weight is 200 g/mol. The van der Waals surface area contributed by atoms with Gasteiger partial charge in [0.25, 0.3) is 0 Å². The van der Waals surface area contributed by atoms with Crippen LogP contribution in [0.15, 0.2) is 18.3 Å². The van der Waals surface area contributed by atoms with Crippen LogP contribution in [0.5, 0.6) is 0 Å². The lowest BCUT2D eigenvalue weighted by Crippen LogP contribution is -2.18.